The van der Waals surface area contributed by atoms with Gasteiger partial charge in [-0.1, -0.05) is 37.3 Å². The Labute approximate surface area is 123 Å². The van der Waals surface area contributed by atoms with Crippen LogP contribution in [0.15, 0.2) is 35.3 Å². The summed E-state index contributed by atoms with van der Waals surface area (Å²) < 4.78 is 0. The standard InChI is InChI=1S/C17H16N2S/c1-12-7-8-14-15(10-18)17(20-16(14)9-12)19-11-13-5-3-2-4-6-13/h2-6,11-12H,7-9H2,1H3. The van der Waals surface area contributed by atoms with Gasteiger partial charge in [-0.15, -0.1) is 11.3 Å². The van der Waals surface area contributed by atoms with Crippen molar-refractivity contribution in [3.05, 3.63) is 51.9 Å². The van der Waals surface area contributed by atoms with E-state index in [4.69, 9.17) is 0 Å². The van der Waals surface area contributed by atoms with Crippen LogP contribution in [0.2, 0.25) is 0 Å². The van der Waals surface area contributed by atoms with Crippen molar-refractivity contribution in [1.29, 1.82) is 5.26 Å². The molecule has 0 saturated carbocycles. The number of hydrogen-bond acceptors (Lipinski definition) is 3. The highest BCUT2D eigenvalue weighted by molar-refractivity contribution is 7.16. The Morgan fingerprint density at radius 3 is 2.90 bits per heavy atom. The van der Waals surface area contributed by atoms with Crippen LogP contribution in [0, 0.1) is 17.2 Å². The fourth-order valence-corrected chi connectivity index (χ4v) is 3.92. The third kappa shape index (κ3) is 2.52. The summed E-state index contributed by atoms with van der Waals surface area (Å²) in [6.45, 7) is 2.28. The third-order valence-corrected chi connectivity index (χ3v) is 4.90. The van der Waals surface area contributed by atoms with Crippen molar-refractivity contribution < 1.29 is 0 Å². The molecular formula is C17H16N2S. The number of thiophene rings is 1. The van der Waals surface area contributed by atoms with E-state index in [1.54, 1.807) is 11.3 Å². The van der Waals surface area contributed by atoms with E-state index in [9.17, 15) is 5.26 Å². The molecule has 3 rings (SSSR count). The van der Waals surface area contributed by atoms with Gasteiger partial charge in [0.1, 0.15) is 11.1 Å². The molecule has 1 heterocycles. The molecule has 0 amide bonds. The minimum absolute atomic E-state index is 0.721. The summed E-state index contributed by atoms with van der Waals surface area (Å²) in [6.07, 6.45) is 5.15. The molecule has 20 heavy (non-hydrogen) atoms. The Hall–Kier alpha value is -1.92. The summed E-state index contributed by atoms with van der Waals surface area (Å²) in [4.78, 5) is 5.91. The minimum Gasteiger partial charge on any atom is -0.244 e. The lowest BCUT2D eigenvalue weighted by Gasteiger charge is -2.17. The molecule has 0 aliphatic heterocycles. The lowest BCUT2D eigenvalue weighted by atomic mass is 9.89. The van der Waals surface area contributed by atoms with Gasteiger partial charge in [-0.3, -0.25) is 0 Å². The summed E-state index contributed by atoms with van der Waals surface area (Å²) in [5, 5.41) is 10.3. The fraction of sp³-hybridized carbons (Fsp3) is 0.294. The maximum Gasteiger partial charge on any atom is 0.134 e. The van der Waals surface area contributed by atoms with Crippen molar-refractivity contribution in [2.45, 2.75) is 26.2 Å². The highest BCUT2D eigenvalue weighted by atomic mass is 32.1. The number of aliphatic imine (C=N–C) groups is 1. The van der Waals surface area contributed by atoms with Crippen LogP contribution in [-0.2, 0) is 12.8 Å². The molecule has 2 nitrogen and oxygen atoms in total. The quantitative estimate of drug-likeness (QED) is 0.746. The maximum atomic E-state index is 9.41. The molecule has 0 N–H and O–H groups in total. The van der Waals surface area contributed by atoms with Crippen LogP contribution in [0.5, 0.6) is 0 Å². The number of fused-ring (bicyclic) bond motifs is 1. The Morgan fingerprint density at radius 1 is 1.35 bits per heavy atom. The first-order valence-electron chi connectivity index (χ1n) is 6.91. The minimum atomic E-state index is 0.721. The smallest absolute Gasteiger partial charge is 0.134 e. The fourth-order valence-electron chi connectivity index (χ4n) is 2.61. The molecule has 1 aromatic heterocycles. The van der Waals surface area contributed by atoms with Crippen molar-refractivity contribution >= 4 is 22.6 Å². The first kappa shape index (κ1) is 13.1. The lowest BCUT2D eigenvalue weighted by Crippen LogP contribution is -2.09. The van der Waals surface area contributed by atoms with E-state index < -0.39 is 0 Å². The molecule has 1 aliphatic carbocycles. The van der Waals surface area contributed by atoms with Gasteiger partial charge in [0.15, 0.2) is 0 Å². The van der Waals surface area contributed by atoms with Gasteiger partial charge in [-0.05, 0) is 36.3 Å². The monoisotopic (exact) mass is 280 g/mol. The van der Waals surface area contributed by atoms with Crippen molar-refractivity contribution in [3.63, 3.8) is 0 Å². The van der Waals surface area contributed by atoms with Gasteiger partial charge < -0.3 is 0 Å². The molecule has 0 spiro atoms. The SMILES string of the molecule is CC1CCc2c(sc(N=Cc3ccccc3)c2C#N)C1. The van der Waals surface area contributed by atoms with Crippen LogP contribution in [0.3, 0.4) is 0 Å². The predicted molar refractivity (Wildman–Crippen MR) is 83.9 cm³/mol. The first-order valence-corrected chi connectivity index (χ1v) is 7.73. The van der Waals surface area contributed by atoms with Gasteiger partial charge >= 0.3 is 0 Å². The van der Waals surface area contributed by atoms with Gasteiger partial charge in [0.05, 0.1) is 5.56 Å². The second-order valence-corrected chi connectivity index (χ2v) is 6.40. The number of hydrogen-bond donors (Lipinski definition) is 0. The van der Waals surface area contributed by atoms with Gasteiger partial charge in [0.25, 0.3) is 0 Å². The maximum absolute atomic E-state index is 9.41. The normalized spacial score (nSPS) is 17.9. The summed E-state index contributed by atoms with van der Waals surface area (Å²) >= 11 is 1.69. The van der Waals surface area contributed by atoms with Gasteiger partial charge in [-0.2, -0.15) is 5.26 Å². The lowest BCUT2D eigenvalue weighted by molar-refractivity contribution is 0.507. The molecule has 3 heteroatoms. The zero-order valence-electron chi connectivity index (χ0n) is 11.5. The summed E-state index contributed by atoms with van der Waals surface area (Å²) in [5.41, 5.74) is 3.11. The van der Waals surface area contributed by atoms with Crippen molar-refractivity contribution in [1.82, 2.24) is 0 Å². The molecule has 0 saturated heterocycles. The number of rotatable bonds is 2. The molecule has 1 unspecified atom stereocenters. The third-order valence-electron chi connectivity index (χ3n) is 3.74. The molecule has 100 valence electrons. The number of nitrogens with zero attached hydrogens (tertiary/aromatic N) is 2. The van der Waals surface area contributed by atoms with E-state index in [0.29, 0.717) is 0 Å². The Bertz CT molecular complexity index is 677. The van der Waals surface area contributed by atoms with E-state index in [2.05, 4.69) is 18.0 Å². The largest absolute Gasteiger partial charge is 0.244 e. The Balaban J connectivity index is 1.95. The molecule has 0 fully saturated rings. The van der Waals surface area contributed by atoms with Crippen molar-refractivity contribution in [2.75, 3.05) is 0 Å². The average Bonchev–Trinajstić information content (AvgIpc) is 2.82. The van der Waals surface area contributed by atoms with E-state index in [1.165, 1.54) is 16.9 Å². The number of benzene rings is 1. The summed E-state index contributed by atoms with van der Waals surface area (Å²) in [7, 11) is 0. The summed E-state index contributed by atoms with van der Waals surface area (Å²) in [6, 6.07) is 12.4. The first-order chi connectivity index (χ1) is 9.78. The highest BCUT2D eigenvalue weighted by Gasteiger charge is 2.23. The highest BCUT2D eigenvalue weighted by Crippen LogP contribution is 2.40. The van der Waals surface area contributed by atoms with Crippen LogP contribution in [0.4, 0.5) is 5.00 Å². The molecule has 2 aromatic rings. The number of nitriles is 1. The molecule has 1 aromatic carbocycles. The van der Waals surface area contributed by atoms with Gasteiger partial charge in [0.2, 0.25) is 0 Å². The van der Waals surface area contributed by atoms with Crippen LogP contribution < -0.4 is 0 Å². The molecule has 0 radical (unpaired) electrons. The molecule has 0 bridgehead atoms. The predicted octanol–water partition coefficient (Wildman–Crippen LogP) is 4.50. The Morgan fingerprint density at radius 2 is 2.15 bits per heavy atom. The van der Waals surface area contributed by atoms with Crippen LogP contribution in [-0.4, -0.2) is 6.21 Å². The van der Waals surface area contributed by atoms with E-state index in [-0.39, 0.29) is 0 Å². The van der Waals surface area contributed by atoms with Crippen LogP contribution in [0.1, 0.15) is 34.9 Å². The second-order valence-electron chi connectivity index (χ2n) is 5.31. The zero-order valence-corrected chi connectivity index (χ0v) is 12.3. The topological polar surface area (TPSA) is 36.1 Å². The van der Waals surface area contributed by atoms with E-state index in [0.717, 1.165) is 34.9 Å². The molecule has 1 aliphatic rings. The second kappa shape index (κ2) is 5.60. The van der Waals surface area contributed by atoms with Crippen LogP contribution >= 0.6 is 11.3 Å². The van der Waals surface area contributed by atoms with Gasteiger partial charge in [0, 0.05) is 11.1 Å². The summed E-state index contributed by atoms with van der Waals surface area (Å²) in [5.74, 6) is 0.721. The Kier molecular flexibility index (Phi) is 3.66. The van der Waals surface area contributed by atoms with Gasteiger partial charge in [-0.25, -0.2) is 4.99 Å². The van der Waals surface area contributed by atoms with Crippen molar-refractivity contribution in [3.8, 4) is 6.07 Å². The van der Waals surface area contributed by atoms with Crippen molar-refractivity contribution in [2.24, 2.45) is 10.9 Å². The van der Waals surface area contributed by atoms with E-state index in [1.807, 2.05) is 36.5 Å². The molecular weight excluding hydrogens is 264 g/mol. The zero-order chi connectivity index (χ0) is 13.9. The molecule has 1 atom stereocenters. The van der Waals surface area contributed by atoms with Crippen LogP contribution in [0.25, 0.3) is 0 Å². The van der Waals surface area contributed by atoms with E-state index >= 15 is 0 Å². The average molecular weight is 280 g/mol.